The molecule has 1 fully saturated rings. The number of nitrogens with zero attached hydrogens (tertiary/aromatic N) is 3. The van der Waals surface area contributed by atoms with Crippen molar-refractivity contribution < 1.29 is 13.2 Å². The summed E-state index contributed by atoms with van der Waals surface area (Å²) in [4.78, 5) is 14.6. The Morgan fingerprint density at radius 2 is 2.04 bits per heavy atom. The van der Waals surface area contributed by atoms with Crippen LogP contribution < -0.4 is 10.5 Å². The van der Waals surface area contributed by atoms with Crippen LogP contribution in [0, 0.1) is 5.92 Å². The zero-order chi connectivity index (χ0) is 19.6. The van der Waals surface area contributed by atoms with E-state index in [-0.39, 0.29) is 22.6 Å². The lowest BCUT2D eigenvalue weighted by atomic mass is 9.89. The predicted octanol–water partition coefficient (Wildman–Crippen LogP) is 0.288. The summed E-state index contributed by atoms with van der Waals surface area (Å²) in [6.45, 7) is 3.08. The second kappa shape index (κ2) is 7.79. The van der Waals surface area contributed by atoms with E-state index in [9.17, 15) is 13.2 Å². The molecule has 1 amide bonds. The molecule has 27 heavy (non-hydrogen) atoms. The minimum absolute atomic E-state index is 0.0352. The lowest BCUT2D eigenvalue weighted by Crippen LogP contribution is -2.46. The molecule has 3 N–H and O–H groups in total. The highest BCUT2D eigenvalue weighted by atomic mass is 32.2. The van der Waals surface area contributed by atoms with Crippen molar-refractivity contribution >= 4 is 15.9 Å². The monoisotopic (exact) mass is 391 g/mol. The Kier molecular flexibility index (Phi) is 5.64. The minimum Gasteiger partial charge on any atom is -0.340 e. The van der Waals surface area contributed by atoms with E-state index >= 15 is 0 Å². The molecule has 1 aromatic carbocycles. The molecule has 1 aliphatic rings. The van der Waals surface area contributed by atoms with Gasteiger partial charge in [-0.05, 0) is 24.9 Å². The van der Waals surface area contributed by atoms with Crippen LogP contribution in [0.3, 0.4) is 0 Å². The fraction of sp³-hybridized carbons (Fsp3) is 0.444. The lowest BCUT2D eigenvalue weighted by molar-refractivity contribution is -0.131. The number of amides is 1. The largest absolute Gasteiger partial charge is 0.340 e. The van der Waals surface area contributed by atoms with Crippen molar-refractivity contribution in [3.05, 3.63) is 48.3 Å². The molecule has 8 nitrogen and oxygen atoms in total. The Morgan fingerprint density at radius 3 is 2.63 bits per heavy atom. The van der Waals surface area contributed by atoms with E-state index in [1.807, 2.05) is 30.3 Å². The van der Waals surface area contributed by atoms with E-state index in [1.54, 1.807) is 18.9 Å². The second-order valence-corrected chi connectivity index (χ2v) is 8.66. The third kappa shape index (κ3) is 4.20. The highest BCUT2D eigenvalue weighted by Crippen LogP contribution is 2.32. The Hall–Kier alpha value is -2.23. The fourth-order valence-electron chi connectivity index (χ4n) is 3.53. The van der Waals surface area contributed by atoms with E-state index in [2.05, 4.69) is 9.82 Å². The smallest absolute Gasteiger partial charge is 0.244 e. The molecular formula is C18H25N5O3S. The van der Waals surface area contributed by atoms with Gasteiger partial charge in [0.15, 0.2) is 0 Å². The Balaban J connectivity index is 1.70. The predicted molar refractivity (Wildman–Crippen MR) is 101 cm³/mol. The molecular weight excluding hydrogens is 366 g/mol. The highest BCUT2D eigenvalue weighted by molar-refractivity contribution is 7.89. The summed E-state index contributed by atoms with van der Waals surface area (Å²) in [7, 11) is -2.17. The summed E-state index contributed by atoms with van der Waals surface area (Å²) in [5.41, 5.74) is 7.07. The van der Waals surface area contributed by atoms with Crippen LogP contribution in [-0.2, 0) is 21.9 Å². The highest BCUT2D eigenvalue weighted by Gasteiger charge is 2.37. The molecule has 1 aliphatic heterocycles. The molecule has 0 radical (unpaired) electrons. The number of rotatable bonds is 6. The molecule has 0 aliphatic carbocycles. The van der Waals surface area contributed by atoms with E-state index in [1.165, 1.54) is 17.1 Å². The number of aromatic nitrogens is 2. The van der Waals surface area contributed by atoms with Crippen LogP contribution in [0.1, 0.15) is 18.4 Å². The maximum absolute atomic E-state index is 12.8. The molecule has 1 aromatic heterocycles. The van der Waals surface area contributed by atoms with E-state index in [0.717, 1.165) is 5.56 Å². The van der Waals surface area contributed by atoms with Crippen LogP contribution in [-0.4, -0.2) is 54.7 Å². The Labute approximate surface area is 159 Å². The summed E-state index contributed by atoms with van der Waals surface area (Å²) in [5.74, 6) is 0.0557. The second-order valence-electron chi connectivity index (χ2n) is 6.95. The van der Waals surface area contributed by atoms with E-state index in [0.29, 0.717) is 19.6 Å². The zero-order valence-corrected chi connectivity index (χ0v) is 16.3. The van der Waals surface area contributed by atoms with Crippen LogP contribution in [0.25, 0.3) is 0 Å². The zero-order valence-electron chi connectivity index (χ0n) is 15.4. The Bertz CT molecular complexity index is 897. The van der Waals surface area contributed by atoms with Crippen molar-refractivity contribution in [2.75, 3.05) is 19.6 Å². The number of hydrogen-bond donors (Lipinski definition) is 2. The van der Waals surface area contributed by atoms with Gasteiger partial charge in [0.1, 0.15) is 4.90 Å². The van der Waals surface area contributed by atoms with Crippen molar-refractivity contribution in [1.29, 1.82) is 0 Å². The average molecular weight is 391 g/mol. The standard InChI is InChI=1S/C18H25N5O3S/c1-13(21-27(25,26)16-9-20-22(2)11-16)18(24)23-10-15(8-19)17(12-23)14-6-4-3-5-7-14/h3-7,9,11,13,15,17,21H,8,10,12,19H2,1-2H3/t13?,15-,17+/m1/s1. The molecule has 0 spiro atoms. The summed E-state index contributed by atoms with van der Waals surface area (Å²) in [6.07, 6.45) is 2.65. The van der Waals surface area contributed by atoms with Crippen LogP contribution >= 0.6 is 0 Å². The fourth-order valence-corrected chi connectivity index (χ4v) is 4.71. The maximum atomic E-state index is 12.8. The third-order valence-corrected chi connectivity index (χ3v) is 6.47. The van der Waals surface area contributed by atoms with Gasteiger partial charge in [0.25, 0.3) is 0 Å². The number of hydrogen-bond acceptors (Lipinski definition) is 5. The van der Waals surface area contributed by atoms with Crippen LogP contribution in [0.15, 0.2) is 47.6 Å². The number of likely N-dealkylation sites (tertiary alicyclic amines) is 1. The summed E-state index contributed by atoms with van der Waals surface area (Å²) < 4.78 is 28.7. The molecule has 0 saturated carbocycles. The Morgan fingerprint density at radius 1 is 1.33 bits per heavy atom. The molecule has 2 aromatic rings. The molecule has 9 heteroatoms. The van der Waals surface area contributed by atoms with Crippen molar-refractivity contribution in [2.24, 2.45) is 18.7 Å². The topological polar surface area (TPSA) is 110 Å². The average Bonchev–Trinajstić information content (AvgIpc) is 3.28. The number of sulfonamides is 1. The molecule has 1 unspecified atom stereocenters. The van der Waals surface area contributed by atoms with Gasteiger partial charge in [0.05, 0.1) is 12.2 Å². The van der Waals surface area contributed by atoms with Gasteiger partial charge in [0, 0.05) is 32.3 Å². The van der Waals surface area contributed by atoms with E-state index < -0.39 is 16.1 Å². The van der Waals surface area contributed by atoms with Gasteiger partial charge in [-0.3, -0.25) is 9.48 Å². The van der Waals surface area contributed by atoms with Crippen molar-refractivity contribution in [2.45, 2.75) is 23.8 Å². The molecule has 146 valence electrons. The lowest BCUT2D eigenvalue weighted by Gasteiger charge is -2.21. The molecule has 2 heterocycles. The first kappa shape index (κ1) is 19.5. The van der Waals surface area contributed by atoms with Gasteiger partial charge >= 0.3 is 0 Å². The molecule has 3 atom stereocenters. The number of benzene rings is 1. The normalized spacial score (nSPS) is 21.4. The first-order valence-electron chi connectivity index (χ1n) is 8.86. The van der Waals surface area contributed by atoms with Gasteiger partial charge in [-0.15, -0.1) is 0 Å². The van der Waals surface area contributed by atoms with Crippen LogP contribution in [0.5, 0.6) is 0 Å². The summed E-state index contributed by atoms with van der Waals surface area (Å²) in [5, 5.41) is 3.87. The van der Waals surface area contributed by atoms with Gasteiger partial charge in [0.2, 0.25) is 15.9 Å². The van der Waals surface area contributed by atoms with Gasteiger partial charge in [-0.25, -0.2) is 8.42 Å². The first-order chi connectivity index (χ1) is 12.8. The first-order valence-corrected chi connectivity index (χ1v) is 10.3. The van der Waals surface area contributed by atoms with E-state index in [4.69, 9.17) is 5.73 Å². The summed E-state index contributed by atoms with van der Waals surface area (Å²) >= 11 is 0. The summed E-state index contributed by atoms with van der Waals surface area (Å²) in [6, 6.07) is 9.10. The number of carbonyl (C=O) groups is 1. The third-order valence-electron chi connectivity index (χ3n) is 4.98. The molecule has 3 rings (SSSR count). The van der Waals surface area contributed by atoms with Crippen LogP contribution in [0.4, 0.5) is 0 Å². The number of carbonyl (C=O) groups excluding carboxylic acids is 1. The number of nitrogens with two attached hydrogens (primary N) is 1. The van der Waals surface area contributed by atoms with Crippen LogP contribution in [0.2, 0.25) is 0 Å². The van der Waals surface area contributed by atoms with Crippen molar-refractivity contribution in [1.82, 2.24) is 19.4 Å². The van der Waals surface area contributed by atoms with Gasteiger partial charge < -0.3 is 10.6 Å². The quantitative estimate of drug-likeness (QED) is 0.735. The SMILES string of the molecule is CC(NS(=O)(=O)c1cnn(C)c1)C(=O)N1C[C@@H](CN)[C@H](c2ccccc2)C1. The minimum atomic E-state index is -3.80. The van der Waals surface area contributed by atoms with Crippen molar-refractivity contribution in [3.8, 4) is 0 Å². The number of aryl methyl sites for hydroxylation is 1. The number of nitrogens with one attached hydrogen (secondary N) is 1. The molecule has 0 bridgehead atoms. The van der Waals surface area contributed by atoms with Gasteiger partial charge in [-0.2, -0.15) is 9.82 Å². The maximum Gasteiger partial charge on any atom is 0.244 e. The molecule has 1 saturated heterocycles. The van der Waals surface area contributed by atoms with Crippen molar-refractivity contribution in [3.63, 3.8) is 0 Å². The van der Waals surface area contributed by atoms with Gasteiger partial charge in [-0.1, -0.05) is 30.3 Å².